The van der Waals surface area contributed by atoms with E-state index in [0.717, 1.165) is 23.2 Å². The van der Waals surface area contributed by atoms with E-state index in [1.54, 1.807) is 13.2 Å². The number of nitrogens with zero attached hydrogens (tertiary/aromatic N) is 2. The average molecular weight is 421 g/mol. The van der Waals surface area contributed by atoms with E-state index in [2.05, 4.69) is 20.3 Å². The Labute approximate surface area is 181 Å². The van der Waals surface area contributed by atoms with Crippen molar-refractivity contribution in [3.63, 3.8) is 0 Å². The summed E-state index contributed by atoms with van der Waals surface area (Å²) in [6.07, 6.45) is 3.09. The van der Waals surface area contributed by atoms with E-state index >= 15 is 0 Å². The lowest BCUT2D eigenvalue weighted by Crippen LogP contribution is -2.20. The third-order valence-corrected chi connectivity index (χ3v) is 4.86. The Morgan fingerprint density at radius 1 is 1.23 bits per heavy atom. The lowest BCUT2D eigenvalue weighted by atomic mass is 10.0. The zero-order chi connectivity index (χ0) is 22.4. The number of ether oxygens (including phenoxy) is 1. The van der Waals surface area contributed by atoms with Gasteiger partial charge in [0.2, 0.25) is 0 Å². The molecule has 0 atom stereocenters. The monoisotopic (exact) mass is 420 g/mol. The molecule has 8 nitrogen and oxygen atoms in total. The van der Waals surface area contributed by atoms with E-state index in [9.17, 15) is 4.79 Å². The first-order valence-corrected chi connectivity index (χ1v) is 10.3. The van der Waals surface area contributed by atoms with E-state index in [1.165, 1.54) is 0 Å². The highest BCUT2D eigenvalue weighted by Gasteiger charge is 2.18. The highest BCUT2D eigenvalue weighted by molar-refractivity contribution is 6.01. The van der Waals surface area contributed by atoms with Gasteiger partial charge < -0.3 is 26.2 Å². The number of nitrogens with two attached hydrogens (primary N) is 1. The molecule has 0 saturated carbocycles. The first kappa shape index (κ1) is 22.2. The Balaban J connectivity index is 2.17. The van der Waals surface area contributed by atoms with Crippen LogP contribution < -0.4 is 21.3 Å². The smallest absolute Gasteiger partial charge is 0.275 e. The molecular formula is C23H28N6O2. The number of aromatic amines is 1. The van der Waals surface area contributed by atoms with Crippen molar-refractivity contribution in [3.8, 4) is 28.3 Å². The molecule has 2 heterocycles. The molecule has 31 heavy (non-hydrogen) atoms. The minimum Gasteiger partial charge on any atom is -0.493 e. The fourth-order valence-electron chi connectivity index (χ4n) is 3.31. The maximum atomic E-state index is 12.8. The number of hydrogen-bond donors (Lipinski definition) is 4. The summed E-state index contributed by atoms with van der Waals surface area (Å²) < 4.78 is 5.80. The molecule has 0 aliphatic carbocycles. The Kier molecular flexibility index (Phi) is 7.15. The van der Waals surface area contributed by atoms with Gasteiger partial charge in [-0.2, -0.15) is 0 Å². The predicted octanol–water partition coefficient (Wildman–Crippen LogP) is 3.57. The van der Waals surface area contributed by atoms with Gasteiger partial charge in [0.1, 0.15) is 23.0 Å². The van der Waals surface area contributed by atoms with Crippen molar-refractivity contribution >= 4 is 11.4 Å². The first-order chi connectivity index (χ1) is 15.0. The summed E-state index contributed by atoms with van der Waals surface area (Å²) >= 11 is 0. The van der Waals surface area contributed by atoms with Crippen LogP contribution in [0, 0.1) is 5.41 Å². The number of hydrogen-bond acceptors (Lipinski definition) is 7. The van der Waals surface area contributed by atoms with Crippen molar-refractivity contribution in [2.45, 2.75) is 33.2 Å². The highest BCUT2D eigenvalue weighted by atomic mass is 16.5. The maximum absolute atomic E-state index is 12.8. The minimum absolute atomic E-state index is 0.290. The molecule has 0 radical (unpaired) electrons. The molecule has 1 aromatic carbocycles. The Morgan fingerprint density at radius 2 is 2.00 bits per heavy atom. The van der Waals surface area contributed by atoms with Crippen LogP contribution in [-0.4, -0.2) is 34.3 Å². The number of aromatic nitrogens is 3. The molecule has 5 N–H and O–H groups in total. The van der Waals surface area contributed by atoms with Crippen LogP contribution in [0.5, 0.6) is 5.75 Å². The van der Waals surface area contributed by atoms with Crippen LogP contribution in [0.25, 0.3) is 22.5 Å². The summed E-state index contributed by atoms with van der Waals surface area (Å²) in [5, 5.41) is 11.2. The molecule has 2 aromatic heterocycles. The fourth-order valence-corrected chi connectivity index (χ4v) is 3.31. The van der Waals surface area contributed by atoms with Gasteiger partial charge in [0.05, 0.1) is 23.6 Å². The van der Waals surface area contributed by atoms with Crippen molar-refractivity contribution in [3.05, 3.63) is 58.3 Å². The van der Waals surface area contributed by atoms with Gasteiger partial charge in [-0.25, -0.2) is 4.98 Å². The normalized spacial score (nSPS) is 10.7. The minimum atomic E-state index is -0.329. The molecule has 8 heteroatoms. The van der Waals surface area contributed by atoms with Crippen LogP contribution in [0.15, 0.2) is 41.3 Å². The second-order valence-electron chi connectivity index (χ2n) is 7.00. The number of rotatable bonds is 9. The van der Waals surface area contributed by atoms with Gasteiger partial charge in [-0.3, -0.25) is 9.78 Å². The SMILES string of the molecule is CCCC(=N)c1nc(-c2cc(-c3ccc(CN)nc3)ccc2OCC)[nH]c(=O)c1NC. The molecule has 0 aliphatic heterocycles. The standard InChI is InChI=1S/C23H28N6O2/c1-4-6-18(25)20-21(26-3)23(30)29-22(28-20)17-11-14(8-10-19(17)31-5-2)15-7-9-16(12-24)27-13-15/h7-11,13,25-26H,4-6,12,24H2,1-3H3,(H,28,29,30). The van der Waals surface area contributed by atoms with Crippen LogP contribution in [0.4, 0.5) is 5.69 Å². The van der Waals surface area contributed by atoms with Gasteiger partial charge in [0.15, 0.2) is 0 Å². The van der Waals surface area contributed by atoms with Crippen LogP contribution >= 0.6 is 0 Å². The molecule has 0 bridgehead atoms. The highest BCUT2D eigenvalue weighted by Crippen LogP contribution is 2.33. The first-order valence-electron chi connectivity index (χ1n) is 10.3. The zero-order valence-electron chi connectivity index (χ0n) is 18.1. The molecule has 0 unspecified atom stereocenters. The summed E-state index contributed by atoms with van der Waals surface area (Å²) in [5.74, 6) is 0.961. The third-order valence-electron chi connectivity index (χ3n) is 4.86. The van der Waals surface area contributed by atoms with Gasteiger partial charge in [-0.1, -0.05) is 25.5 Å². The van der Waals surface area contributed by atoms with Gasteiger partial charge in [0, 0.05) is 25.4 Å². The Hall–Kier alpha value is -3.52. The lowest BCUT2D eigenvalue weighted by Gasteiger charge is -2.15. The molecule has 0 saturated heterocycles. The topological polar surface area (TPSA) is 130 Å². The third kappa shape index (κ3) is 4.80. The molecule has 3 rings (SSSR count). The predicted molar refractivity (Wildman–Crippen MR) is 124 cm³/mol. The van der Waals surface area contributed by atoms with Crippen molar-refractivity contribution in [1.82, 2.24) is 15.0 Å². The molecule has 0 amide bonds. The summed E-state index contributed by atoms with van der Waals surface area (Å²) in [5.41, 5.74) is 9.54. The lowest BCUT2D eigenvalue weighted by molar-refractivity contribution is 0.341. The van der Waals surface area contributed by atoms with Gasteiger partial charge in [-0.15, -0.1) is 0 Å². The molecule has 0 fully saturated rings. The second-order valence-corrected chi connectivity index (χ2v) is 7.00. The zero-order valence-corrected chi connectivity index (χ0v) is 18.1. The number of benzene rings is 1. The van der Waals surface area contributed by atoms with Crippen molar-refractivity contribution in [1.29, 1.82) is 5.41 Å². The number of nitrogens with one attached hydrogen (secondary N) is 3. The van der Waals surface area contributed by atoms with Crippen LogP contribution in [0.3, 0.4) is 0 Å². The second kappa shape index (κ2) is 9.99. The van der Waals surface area contributed by atoms with Crippen LogP contribution in [0.1, 0.15) is 38.1 Å². The molecule has 0 spiro atoms. The van der Waals surface area contributed by atoms with Crippen LogP contribution in [0.2, 0.25) is 0 Å². The molecule has 162 valence electrons. The van der Waals surface area contributed by atoms with Crippen molar-refractivity contribution < 1.29 is 4.74 Å². The van der Waals surface area contributed by atoms with E-state index in [4.69, 9.17) is 15.9 Å². The summed E-state index contributed by atoms with van der Waals surface area (Å²) in [6.45, 7) is 4.73. The molecule has 3 aromatic rings. The maximum Gasteiger partial charge on any atom is 0.275 e. The average Bonchev–Trinajstić information content (AvgIpc) is 2.79. The molecule has 0 aliphatic rings. The summed E-state index contributed by atoms with van der Waals surface area (Å²) in [7, 11) is 1.65. The Morgan fingerprint density at radius 3 is 2.61 bits per heavy atom. The number of H-pyrrole nitrogens is 1. The van der Waals surface area contributed by atoms with Crippen LogP contribution in [-0.2, 0) is 6.54 Å². The fraction of sp³-hybridized carbons (Fsp3) is 0.304. The van der Waals surface area contributed by atoms with Gasteiger partial charge in [0.25, 0.3) is 5.56 Å². The quantitative estimate of drug-likeness (QED) is 0.392. The number of pyridine rings is 1. The molecular weight excluding hydrogens is 392 g/mol. The Bertz CT molecular complexity index is 1120. The van der Waals surface area contributed by atoms with E-state index < -0.39 is 0 Å². The van der Waals surface area contributed by atoms with E-state index in [-0.39, 0.29) is 11.2 Å². The van der Waals surface area contributed by atoms with E-state index in [1.807, 2.05) is 44.2 Å². The van der Waals surface area contributed by atoms with E-state index in [0.29, 0.717) is 48.1 Å². The number of anilines is 1. The summed E-state index contributed by atoms with van der Waals surface area (Å²) in [6, 6.07) is 9.55. The van der Waals surface area contributed by atoms with Gasteiger partial charge in [-0.05, 0) is 37.1 Å². The van der Waals surface area contributed by atoms with Crippen molar-refractivity contribution in [2.75, 3.05) is 19.0 Å². The summed E-state index contributed by atoms with van der Waals surface area (Å²) in [4.78, 5) is 24.6. The van der Waals surface area contributed by atoms with Crippen molar-refractivity contribution in [2.24, 2.45) is 5.73 Å². The largest absolute Gasteiger partial charge is 0.493 e. The van der Waals surface area contributed by atoms with Gasteiger partial charge >= 0.3 is 0 Å².